The molecule has 1 aliphatic rings. The molecule has 3 aromatic rings. The summed E-state index contributed by atoms with van der Waals surface area (Å²) < 4.78 is 0. The third-order valence-electron chi connectivity index (χ3n) is 3.96. The Morgan fingerprint density at radius 2 is 2.11 bits per heavy atom. The number of carboxylic acid groups (broad SMARTS) is 1. The molecule has 4 heteroatoms. The zero-order valence-corrected chi connectivity index (χ0v) is 10.1. The number of carbonyl (C=O) groups is 1. The van der Waals surface area contributed by atoms with Crippen LogP contribution < -0.4 is 0 Å². The van der Waals surface area contributed by atoms with Gasteiger partial charge in [-0.3, -0.25) is 9.78 Å². The molecule has 0 aliphatic heterocycles. The normalized spacial score (nSPS) is 21.9. The van der Waals surface area contributed by atoms with Crippen LogP contribution in [-0.4, -0.2) is 21.0 Å². The van der Waals surface area contributed by atoms with E-state index < -0.39 is 5.97 Å². The highest BCUT2D eigenvalue weighted by molar-refractivity contribution is 6.07. The average Bonchev–Trinajstić information content (AvgIpc) is 3.14. The van der Waals surface area contributed by atoms with Crippen molar-refractivity contribution >= 4 is 27.8 Å². The van der Waals surface area contributed by atoms with E-state index in [0.717, 1.165) is 33.8 Å². The van der Waals surface area contributed by atoms with Gasteiger partial charge in [-0.05, 0) is 36.1 Å². The predicted molar refractivity (Wildman–Crippen MR) is 72.1 cm³/mol. The maximum absolute atomic E-state index is 11.0. The van der Waals surface area contributed by atoms with Crippen LogP contribution in [0.1, 0.15) is 17.9 Å². The summed E-state index contributed by atoms with van der Waals surface area (Å²) in [7, 11) is 0. The van der Waals surface area contributed by atoms with E-state index in [-0.39, 0.29) is 11.8 Å². The van der Waals surface area contributed by atoms with Crippen LogP contribution in [0.25, 0.3) is 21.8 Å². The Balaban J connectivity index is 1.87. The first-order valence-corrected chi connectivity index (χ1v) is 6.32. The summed E-state index contributed by atoms with van der Waals surface area (Å²) in [6, 6.07) is 8.11. The van der Waals surface area contributed by atoms with Gasteiger partial charge in [-0.1, -0.05) is 6.07 Å². The molecule has 2 atom stereocenters. The Bertz CT molecular complexity index is 806. The second kappa shape index (κ2) is 3.57. The molecule has 2 unspecified atom stereocenters. The van der Waals surface area contributed by atoms with Crippen molar-refractivity contribution in [1.82, 2.24) is 9.97 Å². The average molecular weight is 252 g/mol. The number of hydrogen-bond acceptors (Lipinski definition) is 2. The number of benzene rings is 1. The van der Waals surface area contributed by atoms with Gasteiger partial charge in [0, 0.05) is 34.2 Å². The van der Waals surface area contributed by atoms with E-state index in [1.54, 1.807) is 6.20 Å². The lowest BCUT2D eigenvalue weighted by Crippen LogP contribution is -1.98. The van der Waals surface area contributed by atoms with Crippen molar-refractivity contribution in [1.29, 1.82) is 0 Å². The summed E-state index contributed by atoms with van der Waals surface area (Å²) >= 11 is 0. The number of pyridine rings is 1. The highest BCUT2D eigenvalue weighted by atomic mass is 16.4. The van der Waals surface area contributed by atoms with E-state index in [0.29, 0.717) is 0 Å². The van der Waals surface area contributed by atoms with Gasteiger partial charge in [0.1, 0.15) is 0 Å². The molecular weight excluding hydrogens is 240 g/mol. The summed E-state index contributed by atoms with van der Waals surface area (Å²) in [6.07, 6.45) is 4.36. The second-order valence-electron chi connectivity index (χ2n) is 5.14. The van der Waals surface area contributed by atoms with E-state index in [1.165, 1.54) is 0 Å². The number of aromatic nitrogens is 2. The number of nitrogens with one attached hydrogen (secondary N) is 1. The number of hydrogen-bond donors (Lipinski definition) is 2. The van der Waals surface area contributed by atoms with E-state index in [4.69, 9.17) is 5.11 Å². The summed E-state index contributed by atoms with van der Waals surface area (Å²) in [5.74, 6) is -0.727. The topological polar surface area (TPSA) is 66.0 Å². The molecule has 4 rings (SSSR count). The second-order valence-corrected chi connectivity index (χ2v) is 5.14. The van der Waals surface area contributed by atoms with E-state index in [9.17, 15) is 4.79 Å². The van der Waals surface area contributed by atoms with Gasteiger partial charge in [-0.15, -0.1) is 0 Å². The Morgan fingerprint density at radius 1 is 1.26 bits per heavy atom. The van der Waals surface area contributed by atoms with Crippen molar-refractivity contribution in [2.75, 3.05) is 0 Å². The predicted octanol–water partition coefficient (Wildman–Crippen LogP) is 2.90. The SMILES string of the molecule is O=C(O)C1CC1c1ccc2[nH]c3ccncc3c2c1. The van der Waals surface area contributed by atoms with Gasteiger partial charge >= 0.3 is 5.97 Å². The number of aliphatic carboxylic acids is 1. The van der Waals surface area contributed by atoms with Crippen LogP contribution in [0.3, 0.4) is 0 Å². The van der Waals surface area contributed by atoms with Crippen molar-refractivity contribution < 1.29 is 9.90 Å². The molecule has 1 saturated carbocycles. The van der Waals surface area contributed by atoms with Crippen molar-refractivity contribution in [3.63, 3.8) is 0 Å². The molecule has 19 heavy (non-hydrogen) atoms. The zero-order chi connectivity index (χ0) is 13.0. The minimum atomic E-state index is -0.689. The minimum Gasteiger partial charge on any atom is -0.481 e. The number of aromatic amines is 1. The zero-order valence-electron chi connectivity index (χ0n) is 10.1. The van der Waals surface area contributed by atoms with Gasteiger partial charge in [0.25, 0.3) is 0 Å². The molecule has 0 bridgehead atoms. The number of nitrogens with zero attached hydrogens (tertiary/aromatic N) is 1. The monoisotopic (exact) mass is 252 g/mol. The summed E-state index contributed by atoms with van der Waals surface area (Å²) in [5.41, 5.74) is 3.25. The lowest BCUT2D eigenvalue weighted by Gasteiger charge is -1.99. The van der Waals surface area contributed by atoms with E-state index in [1.807, 2.05) is 24.4 Å². The lowest BCUT2D eigenvalue weighted by molar-refractivity contribution is -0.138. The maximum atomic E-state index is 11.0. The molecular formula is C15H12N2O2. The van der Waals surface area contributed by atoms with Crippen LogP contribution in [0.15, 0.2) is 36.7 Å². The highest BCUT2D eigenvalue weighted by Crippen LogP contribution is 2.48. The van der Waals surface area contributed by atoms with Gasteiger partial charge in [0.15, 0.2) is 0 Å². The third kappa shape index (κ3) is 1.53. The molecule has 4 nitrogen and oxygen atoms in total. The fourth-order valence-corrected chi connectivity index (χ4v) is 2.82. The van der Waals surface area contributed by atoms with Gasteiger partial charge in [-0.2, -0.15) is 0 Å². The van der Waals surface area contributed by atoms with E-state index in [2.05, 4.69) is 16.0 Å². The minimum absolute atomic E-state index is 0.170. The summed E-state index contributed by atoms with van der Waals surface area (Å²) in [5, 5.41) is 11.2. The quantitative estimate of drug-likeness (QED) is 0.737. The first kappa shape index (κ1) is 10.6. The number of rotatable bonds is 2. The van der Waals surface area contributed by atoms with Crippen LogP contribution in [0.2, 0.25) is 0 Å². The summed E-state index contributed by atoms with van der Waals surface area (Å²) in [4.78, 5) is 18.5. The molecule has 0 radical (unpaired) electrons. The number of H-pyrrole nitrogens is 1. The maximum Gasteiger partial charge on any atom is 0.307 e. The smallest absolute Gasteiger partial charge is 0.307 e. The molecule has 2 heterocycles. The molecule has 0 saturated heterocycles. The van der Waals surface area contributed by atoms with Crippen LogP contribution >= 0.6 is 0 Å². The van der Waals surface area contributed by atoms with Gasteiger partial charge in [-0.25, -0.2) is 0 Å². The molecule has 1 fully saturated rings. The molecule has 2 N–H and O–H groups in total. The third-order valence-corrected chi connectivity index (χ3v) is 3.96. The largest absolute Gasteiger partial charge is 0.481 e. The van der Waals surface area contributed by atoms with Crippen molar-refractivity contribution in [2.45, 2.75) is 12.3 Å². The molecule has 2 aromatic heterocycles. The first-order chi connectivity index (χ1) is 9.24. The van der Waals surface area contributed by atoms with Crippen LogP contribution in [0.4, 0.5) is 0 Å². The molecule has 0 spiro atoms. The van der Waals surface area contributed by atoms with Crippen molar-refractivity contribution in [3.8, 4) is 0 Å². The Hall–Kier alpha value is -2.36. The van der Waals surface area contributed by atoms with Crippen molar-refractivity contribution in [3.05, 3.63) is 42.2 Å². The number of fused-ring (bicyclic) bond motifs is 3. The molecule has 1 aliphatic carbocycles. The standard InChI is InChI=1S/C15H12N2O2/c18-15(19)11-6-9(11)8-1-2-13-10(5-8)12-7-16-4-3-14(12)17-13/h1-5,7,9,11,17H,6H2,(H,18,19). The van der Waals surface area contributed by atoms with Crippen LogP contribution in [0, 0.1) is 5.92 Å². The Kier molecular flexibility index (Phi) is 1.98. The molecule has 1 aromatic carbocycles. The van der Waals surface area contributed by atoms with Gasteiger partial charge < -0.3 is 10.1 Å². The van der Waals surface area contributed by atoms with Crippen molar-refractivity contribution in [2.24, 2.45) is 5.92 Å². The fraction of sp³-hybridized carbons (Fsp3) is 0.200. The fourth-order valence-electron chi connectivity index (χ4n) is 2.82. The number of carboxylic acids is 1. The van der Waals surface area contributed by atoms with Crippen LogP contribution in [-0.2, 0) is 4.79 Å². The first-order valence-electron chi connectivity index (χ1n) is 6.32. The van der Waals surface area contributed by atoms with Gasteiger partial charge in [0.2, 0.25) is 0 Å². The highest BCUT2D eigenvalue weighted by Gasteiger charge is 2.44. The van der Waals surface area contributed by atoms with Crippen LogP contribution in [0.5, 0.6) is 0 Å². The lowest BCUT2D eigenvalue weighted by atomic mass is 10.1. The van der Waals surface area contributed by atoms with Gasteiger partial charge in [0.05, 0.1) is 5.92 Å². The molecule has 0 amide bonds. The Morgan fingerprint density at radius 3 is 2.89 bits per heavy atom. The summed E-state index contributed by atoms with van der Waals surface area (Å²) in [6.45, 7) is 0. The Labute approximate surface area is 109 Å². The van der Waals surface area contributed by atoms with E-state index >= 15 is 0 Å². The molecule has 94 valence electrons.